The van der Waals surface area contributed by atoms with Gasteiger partial charge in [0, 0.05) is 6.04 Å². The molecule has 0 fully saturated rings. The minimum Gasteiger partial charge on any atom is -0.491 e. The van der Waals surface area contributed by atoms with E-state index in [4.69, 9.17) is 10.5 Å². The summed E-state index contributed by atoms with van der Waals surface area (Å²) in [6.45, 7) is 7.65. The highest BCUT2D eigenvalue weighted by Gasteiger charge is 2.29. The average molecular weight is 265 g/mol. The largest absolute Gasteiger partial charge is 0.491 e. The van der Waals surface area contributed by atoms with E-state index in [9.17, 15) is 9.90 Å². The molecule has 0 aliphatic carbocycles. The summed E-state index contributed by atoms with van der Waals surface area (Å²) < 4.78 is 5.55. The van der Waals surface area contributed by atoms with Crippen LogP contribution in [0.25, 0.3) is 0 Å². The molecule has 19 heavy (non-hydrogen) atoms. The summed E-state index contributed by atoms with van der Waals surface area (Å²) in [7, 11) is 0. The van der Waals surface area contributed by atoms with Gasteiger partial charge in [-0.3, -0.25) is 4.79 Å². The van der Waals surface area contributed by atoms with Gasteiger partial charge in [-0.1, -0.05) is 26.0 Å². The molecular formula is C15H23NO3. The van der Waals surface area contributed by atoms with Crippen LogP contribution in [0.1, 0.15) is 39.3 Å². The zero-order valence-electron chi connectivity index (χ0n) is 12.0. The number of benzene rings is 1. The summed E-state index contributed by atoms with van der Waals surface area (Å²) in [5, 5.41) is 9.24. The van der Waals surface area contributed by atoms with Crippen LogP contribution in [0.5, 0.6) is 5.75 Å². The van der Waals surface area contributed by atoms with E-state index in [1.165, 1.54) is 0 Å². The van der Waals surface area contributed by atoms with Crippen molar-refractivity contribution < 1.29 is 14.6 Å². The van der Waals surface area contributed by atoms with E-state index in [1.807, 2.05) is 52.0 Å². The van der Waals surface area contributed by atoms with Crippen molar-refractivity contribution >= 4 is 5.97 Å². The first kappa shape index (κ1) is 15.5. The van der Waals surface area contributed by atoms with Gasteiger partial charge in [-0.2, -0.15) is 0 Å². The maximum atomic E-state index is 11.3. The second kappa shape index (κ2) is 6.57. The molecule has 0 amide bonds. The first-order chi connectivity index (χ1) is 8.82. The number of aliphatic carboxylic acids is 1. The number of hydrogen-bond donors (Lipinski definition) is 2. The van der Waals surface area contributed by atoms with Crippen molar-refractivity contribution in [3.8, 4) is 5.75 Å². The molecule has 0 heterocycles. The zero-order chi connectivity index (χ0) is 14.6. The number of ether oxygens (including phenoxy) is 1. The molecule has 0 bridgehead atoms. The topological polar surface area (TPSA) is 72.5 Å². The van der Waals surface area contributed by atoms with Crippen LogP contribution in [-0.2, 0) is 4.79 Å². The fourth-order valence-corrected chi connectivity index (χ4v) is 2.10. The van der Waals surface area contributed by atoms with Gasteiger partial charge >= 0.3 is 5.97 Å². The highest BCUT2D eigenvalue weighted by molar-refractivity contribution is 5.71. The smallest absolute Gasteiger partial charge is 0.308 e. The quantitative estimate of drug-likeness (QED) is 0.829. The van der Waals surface area contributed by atoms with Crippen LogP contribution in [0.4, 0.5) is 0 Å². The van der Waals surface area contributed by atoms with Crippen molar-refractivity contribution in [1.29, 1.82) is 0 Å². The molecular weight excluding hydrogens is 242 g/mol. The number of hydrogen-bond acceptors (Lipinski definition) is 3. The molecule has 2 atom stereocenters. The van der Waals surface area contributed by atoms with Gasteiger partial charge in [0.25, 0.3) is 0 Å². The van der Waals surface area contributed by atoms with Crippen molar-refractivity contribution in [2.24, 2.45) is 17.6 Å². The molecule has 0 saturated heterocycles. The van der Waals surface area contributed by atoms with Crippen molar-refractivity contribution in [2.45, 2.75) is 39.8 Å². The molecule has 1 rings (SSSR count). The fourth-order valence-electron chi connectivity index (χ4n) is 2.10. The standard InChI is InChI=1S/C15H23NO3/c1-9(2)13(15(17)18)14(16)11-5-7-12(8-6-11)19-10(3)4/h5-10,13-14H,16H2,1-4H3,(H,17,18). The summed E-state index contributed by atoms with van der Waals surface area (Å²) in [5.41, 5.74) is 6.89. The minimum absolute atomic E-state index is 0.0147. The number of carboxylic acid groups (broad SMARTS) is 1. The van der Waals surface area contributed by atoms with E-state index in [1.54, 1.807) is 0 Å². The molecule has 0 aromatic heterocycles. The second-order valence-electron chi connectivity index (χ2n) is 5.37. The Morgan fingerprint density at radius 1 is 1.16 bits per heavy atom. The second-order valence-corrected chi connectivity index (χ2v) is 5.37. The summed E-state index contributed by atoms with van der Waals surface area (Å²) in [4.78, 5) is 11.3. The first-order valence-electron chi connectivity index (χ1n) is 6.58. The van der Waals surface area contributed by atoms with Crippen molar-refractivity contribution in [3.63, 3.8) is 0 Å². The Balaban J connectivity index is 2.87. The molecule has 0 aliphatic heterocycles. The zero-order valence-corrected chi connectivity index (χ0v) is 12.0. The van der Waals surface area contributed by atoms with E-state index >= 15 is 0 Å². The lowest BCUT2D eigenvalue weighted by molar-refractivity contribution is -0.144. The van der Waals surface area contributed by atoms with Crippen molar-refractivity contribution in [3.05, 3.63) is 29.8 Å². The Bertz CT molecular complexity index is 412. The van der Waals surface area contributed by atoms with Crippen molar-refractivity contribution in [1.82, 2.24) is 0 Å². The Morgan fingerprint density at radius 3 is 2.05 bits per heavy atom. The lowest BCUT2D eigenvalue weighted by Gasteiger charge is -2.24. The van der Waals surface area contributed by atoms with Crippen LogP contribution in [-0.4, -0.2) is 17.2 Å². The lowest BCUT2D eigenvalue weighted by atomic mass is 9.85. The summed E-state index contributed by atoms with van der Waals surface area (Å²) in [6, 6.07) is 6.81. The van der Waals surface area contributed by atoms with Gasteiger partial charge in [-0.25, -0.2) is 0 Å². The van der Waals surface area contributed by atoms with Crippen LogP contribution in [0.2, 0.25) is 0 Å². The first-order valence-corrected chi connectivity index (χ1v) is 6.58. The summed E-state index contributed by atoms with van der Waals surface area (Å²) in [6.07, 6.45) is 0.113. The minimum atomic E-state index is -0.856. The molecule has 0 radical (unpaired) electrons. The van der Waals surface area contributed by atoms with E-state index in [0.717, 1.165) is 11.3 Å². The third-order valence-corrected chi connectivity index (χ3v) is 3.03. The van der Waals surface area contributed by atoms with Crippen LogP contribution in [0, 0.1) is 11.8 Å². The molecule has 2 unspecified atom stereocenters. The molecule has 0 spiro atoms. The summed E-state index contributed by atoms with van der Waals surface area (Å²) >= 11 is 0. The van der Waals surface area contributed by atoms with Gasteiger partial charge in [0.1, 0.15) is 5.75 Å². The van der Waals surface area contributed by atoms with Gasteiger partial charge in [0.2, 0.25) is 0 Å². The predicted molar refractivity (Wildman–Crippen MR) is 75.1 cm³/mol. The lowest BCUT2D eigenvalue weighted by Crippen LogP contribution is -2.32. The van der Waals surface area contributed by atoms with Gasteiger partial charge < -0.3 is 15.6 Å². The van der Waals surface area contributed by atoms with Crippen LogP contribution < -0.4 is 10.5 Å². The van der Waals surface area contributed by atoms with Gasteiger partial charge in [0.05, 0.1) is 12.0 Å². The SMILES string of the molecule is CC(C)Oc1ccc(C(N)C(C(=O)O)C(C)C)cc1. The molecule has 0 aliphatic rings. The third-order valence-electron chi connectivity index (χ3n) is 3.03. The van der Waals surface area contributed by atoms with Gasteiger partial charge in [-0.05, 0) is 37.5 Å². The predicted octanol–water partition coefficient (Wildman–Crippen LogP) is 2.83. The Morgan fingerprint density at radius 2 is 1.68 bits per heavy atom. The van der Waals surface area contributed by atoms with Gasteiger partial charge in [-0.15, -0.1) is 0 Å². The van der Waals surface area contributed by atoms with Crippen LogP contribution in [0.3, 0.4) is 0 Å². The maximum Gasteiger partial charge on any atom is 0.308 e. The normalized spacial score (nSPS) is 14.5. The van der Waals surface area contributed by atoms with Crippen molar-refractivity contribution in [2.75, 3.05) is 0 Å². The number of nitrogens with two attached hydrogens (primary N) is 1. The Kier molecular flexibility index (Phi) is 5.36. The Labute approximate surface area is 114 Å². The molecule has 3 N–H and O–H groups in total. The van der Waals surface area contributed by atoms with Gasteiger partial charge in [0.15, 0.2) is 0 Å². The molecule has 1 aromatic carbocycles. The van der Waals surface area contributed by atoms with E-state index in [0.29, 0.717) is 0 Å². The maximum absolute atomic E-state index is 11.3. The molecule has 4 heteroatoms. The van der Waals surface area contributed by atoms with E-state index < -0.39 is 17.9 Å². The number of rotatable bonds is 6. The Hall–Kier alpha value is -1.55. The summed E-state index contributed by atoms with van der Waals surface area (Å²) in [5.74, 6) is -0.691. The number of carbonyl (C=O) groups is 1. The monoisotopic (exact) mass is 265 g/mol. The average Bonchev–Trinajstić information content (AvgIpc) is 2.27. The highest BCUT2D eigenvalue weighted by atomic mass is 16.5. The molecule has 1 aromatic rings. The van der Waals surface area contributed by atoms with E-state index in [2.05, 4.69) is 0 Å². The molecule has 0 saturated carbocycles. The number of carboxylic acids is 1. The van der Waals surface area contributed by atoms with E-state index in [-0.39, 0.29) is 12.0 Å². The van der Waals surface area contributed by atoms with Crippen LogP contribution >= 0.6 is 0 Å². The van der Waals surface area contributed by atoms with Crippen LogP contribution in [0.15, 0.2) is 24.3 Å². The third kappa shape index (κ3) is 4.24. The molecule has 4 nitrogen and oxygen atoms in total. The highest BCUT2D eigenvalue weighted by Crippen LogP contribution is 2.27. The fraction of sp³-hybridized carbons (Fsp3) is 0.533. The molecule has 106 valence electrons.